The standard InChI is InChI=1S/C31H46N2O6/c1-18(2)11-23-16-33-10-9-21-14-27(37-5)28(38-6)15-25(21)26(33)13-24(23)17-39-31(36)32-29(20(4)30(34)35)22-8-7-19(3)12-22/h7-8,14-15,18-20,22-24,26,29H,9-13,16-17H2,1-6H3,(H,32,36)(H,34,35)/t19?,20-,22-,23?,24?,26?,29-/m1/s1. The third-order valence-electron chi connectivity index (χ3n) is 8.98. The van der Waals surface area contributed by atoms with Gasteiger partial charge in [-0.2, -0.15) is 0 Å². The van der Waals surface area contributed by atoms with E-state index in [1.54, 1.807) is 21.1 Å². The molecule has 0 radical (unpaired) electrons. The van der Waals surface area contributed by atoms with Crippen LogP contribution in [0, 0.1) is 35.5 Å². The Morgan fingerprint density at radius 2 is 1.79 bits per heavy atom. The van der Waals surface area contributed by atoms with Crippen LogP contribution in [-0.2, 0) is 16.0 Å². The van der Waals surface area contributed by atoms with Crippen LogP contribution in [0.3, 0.4) is 0 Å². The number of ether oxygens (including phenoxy) is 3. The van der Waals surface area contributed by atoms with Crippen molar-refractivity contribution in [2.24, 2.45) is 35.5 Å². The molecule has 1 fully saturated rings. The second-order valence-corrected chi connectivity index (χ2v) is 12.2. The highest BCUT2D eigenvalue weighted by molar-refractivity contribution is 5.73. The van der Waals surface area contributed by atoms with Gasteiger partial charge in [0.05, 0.1) is 32.8 Å². The third kappa shape index (κ3) is 6.71. The summed E-state index contributed by atoms with van der Waals surface area (Å²) < 4.78 is 17.0. The van der Waals surface area contributed by atoms with Gasteiger partial charge in [0.2, 0.25) is 0 Å². The zero-order chi connectivity index (χ0) is 28.3. The molecule has 3 aliphatic rings. The van der Waals surface area contributed by atoms with Crippen molar-refractivity contribution in [3.8, 4) is 11.5 Å². The SMILES string of the molecule is COc1cc2c(cc1OC)C1CC(COC(=O)N[C@@H]([C@@H]3C=CC(C)C3)[C@@H](C)C(=O)O)C(CC(C)C)CN1CC2. The number of hydrogen-bond acceptors (Lipinski definition) is 6. The van der Waals surface area contributed by atoms with Gasteiger partial charge in [0.15, 0.2) is 11.5 Å². The van der Waals surface area contributed by atoms with E-state index in [2.05, 4.69) is 49.2 Å². The molecule has 1 aromatic rings. The Bertz CT molecular complexity index is 1060. The molecule has 2 heterocycles. The molecule has 0 saturated carbocycles. The van der Waals surface area contributed by atoms with Crippen LogP contribution >= 0.6 is 0 Å². The number of aliphatic carboxylic acids is 1. The van der Waals surface area contributed by atoms with Crippen LogP contribution in [0.2, 0.25) is 0 Å². The third-order valence-corrected chi connectivity index (χ3v) is 8.98. The summed E-state index contributed by atoms with van der Waals surface area (Å²) in [5.41, 5.74) is 2.56. The summed E-state index contributed by atoms with van der Waals surface area (Å²) in [7, 11) is 3.33. The van der Waals surface area contributed by atoms with Gasteiger partial charge >= 0.3 is 12.1 Å². The van der Waals surface area contributed by atoms with Crippen molar-refractivity contribution >= 4 is 12.1 Å². The molecule has 0 bridgehead atoms. The van der Waals surface area contributed by atoms with Crippen LogP contribution in [0.25, 0.3) is 0 Å². The van der Waals surface area contributed by atoms with Crippen LogP contribution in [0.5, 0.6) is 11.5 Å². The van der Waals surface area contributed by atoms with Gasteiger partial charge in [-0.3, -0.25) is 9.69 Å². The lowest BCUT2D eigenvalue weighted by molar-refractivity contribution is -0.142. The number of rotatable bonds is 10. The molecule has 4 unspecified atom stereocenters. The van der Waals surface area contributed by atoms with E-state index in [1.165, 1.54) is 11.1 Å². The molecule has 4 rings (SSSR count). The van der Waals surface area contributed by atoms with E-state index in [1.807, 2.05) is 6.08 Å². The second-order valence-electron chi connectivity index (χ2n) is 12.2. The average Bonchev–Trinajstić information content (AvgIpc) is 3.34. The highest BCUT2D eigenvalue weighted by Crippen LogP contribution is 2.45. The lowest BCUT2D eigenvalue weighted by Crippen LogP contribution is -2.49. The van der Waals surface area contributed by atoms with Crippen LogP contribution in [0.4, 0.5) is 4.79 Å². The Kier molecular flexibility index (Phi) is 9.47. The average molecular weight is 543 g/mol. The van der Waals surface area contributed by atoms with Crippen molar-refractivity contribution in [3.63, 3.8) is 0 Å². The van der Waals surface area contributed by atoms with Gasteiger partial charge in [0, 0.05) is 19.1 Å². The summed E-state index contributed by atoms with van der Waals surface area (Å²) in [4.78, 5) is 27.4. The molecule has 0 aromatic heterocycles. The zero-order valence-electron chi connectivity index (χ0n) is 24.3. The normalized spacial score (nSPS) is 27.8. The largest absolute Gasteiger partial charge is 0.493 e. The predicted octanol–water partition coefficient (Wildman–Crippen LogP) is 5.31. The predicted molar refractivity (Wildman–Crippen MR) is 150 cm³/mol. The summed E-state index contributed by atoms with van der Waals surface area (Å²) in [5.74, 6) is 1.40. The minimum absolute atomic E-state index is 0.0127. The number of nitrogens with one attached hydrogen (secondary N) is 1. The molecule has 1 saturated heterocycles. The zero-order valence-corrected chi connectivity index (χ0v) is 24.3. The number of alkyl carbamates (subject to hydrolysis) is 1. The van der Waals surface area contributed by atoms with Gasteiger partial charge in [-0.25, -0.2) is 4.79 Å². The van der Waals surface area contributed by atoms with E-state index < -0.39 is 24.0 Å². The first kappa shape index (κ1) is 29.2. The second kappa shape index (κ2) is 12.6. The van der Waals surface area contributed by atoms with E-state index in [4.69, 9.17) is 14.2 Å². The molecular weight excluding hydrogens is 496 g/mol. The Balaban J connectivity index is 1.48. The summed E-state index contributed by atoms with van der Waals surface area (Å²) >= 11 is 0. The lowest BCUT2D eigenvalue weighted by atomic mass is 9.74. The number of carbonyl (C=O) groups is 2. The van der Waals surface area contributed by atoms with E-state index in [9.17, 15) is 14.7 Å². The fourth-order valence-corrected chi connectivity index (χ4v) is 6.88. The summed E-state index contributed by atoms with van der Waals surface area (Å²) in [6.45, 7) is 10.5. The number of benzene rings is 1. The lowest BCUT2D eigenvalue weighted by Gasteiger charge is -2.47. The summed E-state index contributed by atoms with van der Waals surface area (Å²) in [6.07, 6.45) is 7.37. The van der Waals surface area contributed by atoms with Crippen molar-refractivity contribution in [2.75, 3.05) is 33.9 Å². The van der Waals surface area contributed by atoms with Crippen molar-refractivity contribution in [2.45, 2.75) is 65.5 Å². The quantitative estimate of drug-likeness (QED) is 0.387. The molecule has 0 spiro atoms. The minimum atomic E-state index is -0.916. The van der Waals surface area contributed by atoms with Gasteiger partial charge in [-0.05, 0) is 85.5 Å². The van der Waals surface area contributed by atoms with Gasteiger partial charge in [0.25, 0.3) is 0 Å². The first-order valence-electron chi connectivity index (χ1n) is 14.4. The number of piperidine rings is 1. The maximum atomic E-state index is 13.0. The number of allylic oxidation sites excluding steroid dienone is 1. The number of carboxylic acid groups (broad SMARTS) is 1. The first-order valence-corrected chi connectivity index (χ1v) is 14.4. The molecule has 1 aromatic carbocycles. The van der Waals surface area contributed by atoms with Crippen LogP contribution < -0.4 is 14.8 Å². The summed E-state index contributed by atoms with van der Waals surface area (Å²) in [6, 6.07) is 3.95. The molecule has 216 valence electrons. The van der Waals surface area contributed by atoms with Crippen LogP contribution in [-0.4, -0.2) is 62.0 Å². The van der Waals surface area contributed by atoms with Crippen molar-refractivity contribution in [1.82, 2.24) is 10.2 Å². The van der Waals surface area contributed by atoms with Gasteiger partial charge < -0.3 is 24.6 Å². The Labute approximate surface area is 233 Å². The number of methoxy groups -OCH3 is 2. The summed E-state index contributed by atoms with van der Waals surface area (Å²) in [5, 5.41) is 12.6. The molecule has 7 atom stereocenters. The highest BCUT2D eigenvalue weighted by Gasteiger charge is 2.40. The fourth-order valence-electron chi connectivity index (χ4n) is 6.88. The van der Waals surface area contributed by atoms with Crippen LogP contribution in [0.15, 0.2) is 24.3 Å². The molecule has 8 nitrogen and oxygen atoms in total. The van der Waals surface area contributed by atoms with E-state index >= 15 is 0 Å². The number of amides is 1. The fraction of sp³-hybridized carbons (Fsp3) is 0.677. The maximum absolute atomic E-state index is 13.0. The van der Waals surface area contributed by atoms with Crippen molar-refractivity contribution < 1.29 is 28.9 Å². The molecule has 39 heavy (non-hydrogen) atoms. The van der Waals surface area contributed by atoms with E-state index in [0.717, 1.165) is 50.3 Å². The van der Waals surface area contributed by atoms with Gasteiger partial charge in [-0.1, -0.05) is 32.9 Å². The van der Waals surface area contributed by atoms with Crippen molar-refractivity contribution in [3.05, 3.63) is 35.4 Å². The highest BCUT2D eigenvalue weighted by atomic mass is 16.5. The van der Waals surface area contributed by atoms with Crippen LogP contribution in [0.1, 0.15) is 64.1 Å². The van der Waals surface area contributed by atoms with Gasteiger partial charge in [-0.15, -0.1) is 0 Å². The molecule has 2 aliphatic heterocycles. The molecule has 8 heteroatoms. The number of carboxylic acids is 1. The van der Waals surface area contributed by atoms with E-state index in [0.29, 0.717) is 24.4 Å². The number of fused-ring (bicyclic) bond motifs is 3. The Morgan fingerprint density at radius 1 is 1.08 bits per heavy atom. The Hall–Kier alpha value is -2.74. The first-order chi connectivity index (χ1) is 18.6. The molecule has 1 aliphatic carbocycles. The number of carbonyl (C=O) groups excluding carboxylic acids is 1. The number of hydrogen-bond donors (Lipinski definition) is 2. The Morgan fingerprint density at radius 3 is 2.41 bits per heavy atom. The number of nitrogens with zero attached hydrogens (tertiary/aromatic N) is 1. The van der Waals surface area contributed by atoms with Gasteiger partial charge in [0.1, 0.15) is 0 Å². The molecular formula is C31H46N2O6. The smallest absolute Gasteiger partial charge is 0.407 e. The maximum Gasteiger partial charge on any atom is 0.407 e. The molecule has 1 amide bonds. The van der Waals surface area contributed by atoms with E-state index in [-0.39, 0.29) is 17.9 Å². The topological polar surface area (TPSA) is 97.3 Å². The minimum Gasteiger partial charge on any atom is -0.493 e. The molecule has 2 N–H and O–H groups in total. The van der Waals surface area contributed by atoms with Crippen molar-refractivity contribution in [1.29, 1.82) is 0 Å². The monoisotopic (exact) mass is 542 g/mol.